The number of rotatable bonds is 5. The minimum Gasteiger partial charge on any atom is -0.480 e. The van der Waals surface area contributed by atoms with Gasteiger partial charge in [-0.15, -0.1) is 0 Å². The van der Waals surface area contributed by atoms with Crippen molar-refractivity contribution in [3.05, 3.63) is 35.1 Å². The molecular weight excluding hydrogens is 294 g/mol. The number of hydrogen-bond acceptors (Lipinski definition) is 5. The van der Waals surface area contributed by atoms with Crippen molar-refractivity contribution in [2.45, 2.75) is 25.9 Å². The Balaban J connectivity index is 2.14. The summed E-state index contributed by atoms with van der Waals surface area (Å²) < 4.78 is 5.19. The lowest BCUT2D eigenvalue weighted by molar-refractivity contribution is -0.148. The third-order valence-corrected chi connectivity index (χ3v) is 3.67. The number of carbonyl (C=O) groups is 1. The van der Waals surface area contributed by atoms with E-state index in [9.17, 15) is 9.90 Å². The summed E-state index contributed by atoms with van der Waals surface area (Å²) in [7, 11) is 1.70. The molecule has 21 heavy (non-hydrogen) atoms. The minimum atomic E-state index is -1.01. The summed E-state index contributed by atoms with van der Waals surface area (Å²) in [6.45, 7) is 3.52. The van der Waals surface area contributed by atoms with Crippen molar-refractivity contribution in [1.82, 2.24) is 15.0 Å². The Morgan fingerprint density at radius 1 is 1.38 bits per heavy atom. The number of carboxylic acid groups (broad SMARTS) is 1. The summed E-state index contributed by atoms with van der Waals surface area (Å²) in [5.41, 5.74) is -0.251. The lowest BCUT2D eigenvalue weighted by Gasteiger charge is -2.30. The number of aliphatic carboxylic acids is 1. The maximum atomic E-state index is 11.2. The van der Waals surface area contributed by atoms with E-state index in [-0.39, 0.29) is 6.54 Å². The van der Waals surface area contributed by atoms with Crippen LogP contribution in [-0.4, -0.2) is 38.7 Å². The van der Waals surface area contributed by atoms with Gasteiger partial charge in [-0.25, -0.2) is 0 Å². The first-order valence-corrected chi connectivity index (χ1v) is 6.71. The second kappa shape index (κ2) is 5.83. The monoisotopic (exact) mass is 309 g/mol. The predicted molar refractivity (Wildman–Crippen MR) is 77.9 cm³/mol. The number of carboxylic acids is 1. The molecular formula is C14H16ClN3O3. The Bertz CT molecular complexity index is 637. The van der Waals surface area contributed by atoms with Crippen LogP contribution in [0.2, 0.25) is 5.02 Å². The third kappa shape index (κ3) is 3.40. The number of benzene rings is 1. The summed E-state index contributed by atoms with van der Waals surface area (Å²) >= 11 is 5.82. The lowest BCUT2D eigenvalue weighted by Crippen LogP contribution is -2.47. The summed E-state index contributed by atoms with van der Waals surface area (Å²) in [6.07, 6.45) is 0. The molecule has 0 fully saturated rings. The van der Waals surface area contributed by atoms with Crippen molar-refractivity contribution in [2.24, 2.45) is 0 Å². The second-order valence-electron chi connectivity index (χ2n) is 5.24. The largest absolute Gasteiger partial charge is 0.480 e. The fraction of sp³-hybridized carbons (Fsp3) is 0.357. The van der Waals surface area contributed by atoms with E-state index < -0.39 is 11.5 Å². The number of aromatic nitrogens is 2. The van der Waals surface area contributed by atoms with Crippen LogP contribution < -0.4 is 0 Å². The first-order chi connectivity index (χ1) is 9.80. The zero-order valence-corrected chi connectivity index (χ0v) is 12.8. The van der Waals surface area contributed by atoms with Gasteiger partial charge in [0.25, 0.3) is 5.89 Å². The highest BCUT2D eigenvalue weighted by Gasteiger charge is 2.32. The highest BCUT2D eigenvalue weighted by Crippen LogP contribution is 2.21. The molecule has 0 saturated carbocycles. The molecule has 6 nitrogen and oxygen atoms in total. The van der Waals surface area contributed by atoms with Gasteiger partial charge < -0.3 is 9.63 Å². The predicted octanol–water partition coefficient (Wildman–Crippen LogP) is 2.68. The minimum absolute atomic E-state index is 0.274. The topological polar surface area (TPSA) is 79.5 Å². The molecule has 112 valence electrons. The van der Waals surface area contributed by atoms with Gasteiger partial charge in [0.05, 0.1) is 6.54 Å². The molecule has 2 rings (SSSR count). The Kier molecular flexibility index (Phi) is 4.29. The van der Waals surface area contributed by atoms with Gasteiger partial charge in [0.1, 0.15) is 5.54 Å². The molecule has 0 bridgehead atoms. The Labute approximate surface area is 127 Å². The molecule has 2 aromatic rings. The van der Waals surface area contributed by atoms with E-state index in [4.69, 9.17) is 16.1 Å². The maximum absolute atomic E-state index is 11.2. The average molecular weight is 310 g/mol. The summed E-state index contributed by atoms with van der Waals surface area (Å²) in [6, 6.07) is 7.04. The van der Waals surface area contributed by atoms with Crippen LogP contribution in [0.3, 0.4) is 0 Å². The summed E-state index contributed by atoms with van der Waals surface area (Å²) in [4.78, 5) is 17.1. The van der Waals surface area contributed by atoms with Crippen LogP contribution >= 0.6 is 11.6 Å². The van der Waals surface area contributed by atoms with E-state index in [1.54, 1.807) is 50.1 Å². The molecule has 0 spiro atoms. The SMILES string of the molecule is CN(Cc1noc(-c2ccc(Cl)cc2)n1)C(C)(C)C(=O)O. The molecule has 0 aliphatic rings. The van der Waals surface area contributed by atoms with Crippen LogP contribution in [0, 0.1) is 0 Å². The van der Waals surface area contributed by atoms with Gasteiger partial charge in [-0.3, -0.25) is 9.69 Å². The zero-order valence-electron chi connectivity index (χ0n) is 12.0. The smallest absolute Gasteiger partial charge is 0.323 e. The summed E-state index contributed by atoms with van der Waals surface area (Å²) in [5.74, 6) is -0.105. The van der Waals surface area contributed by atoms with Gasteiger partial charge in [0.15, 0.2) is 5.82 Å². The standard InChI is InChI=1S/C14H16ClN3O3/c1-14(2,13(19)20)18(3)8-11-16-12(21-17-11)9-4-6-10(15)7-5-9/h4-7H,8H2,1-3H3,(H,19,20). The highest BCUT2D eigenvalue weighted by atomic mass is 35.5. The molecule has 0 amide bonds. The molecule has 1 heterocycles. The van der Waals surface area contributed by atoms with Gasteiger partial charge in [0.2, 0.25) is 0 Å². The average Bonchev–Trinajstić information content (AvgIpc) is 2.87. The first-order valence-electron chi connectivity index (χ1n) is 6.34. The molecule has 0 aliphatic carbocycles. The van der Waals surface area contributed by atoms with E-state index in [0.717, 1.165) is 5.56 Å². The van der Waals surface area contributed by atoms with Gasteiger partial charge >= 0.3 is 5.97 Å². The molecule has 7 heteroatoms. The molecule has 0 aliphatic heterocycles. The van der Waals surface area contributed by atoms with Crippen molar-refractivity contribution in [3.63, 3.8) is 0 Å². The second-order valence-corrected chi connectivity index (χ2v) is 5.68. The maximum Gasteiger partial charge on any atom is 0.323 e. The number of nitrogens with zero attached hydrogens (tertiary/aromatic N) is 3. The van der Waals surface area contributed by atoms with Crippen molar-refractivity contribution in [1.29, 1.82) is 0 Å². The van der Waals surface area contributed by atoms with E-state index in [2.05, 4.69) is 10.1 Å². The fourth-order valence-corrected chi connectivity index (χ4v) is 1.73. The fourth-order valence-electron chi connectivity index (χ4n) is 1.60. The van der Waals surface area contributed by atoms with Crippen LogP contribution in [0.25, 0.3) is 11.5 Å². The van der Waals surface area contributed by atoms with Crippen LogP contribution in [0.5, 0.6) is 0 Å². The number of halogens is 1. The van der Waals surface area contributed by atoms with Crippen molar-refractivity contribution >= 4 is 17.6 Å². The lowest BCUT2D eigenvalue weighted by atomic mass is 10.0. The molecule has 1 aromatic heterocycles. The number of likely N-dealkylation sites (N-methyl/N-ethyl adjacent to an activating group) is 1. The summed E-state index contributed by atoms with van der Waals surface area (Å²) in [5, 5.41) is 13.7. The van der Waals surface area contributed by atoms with Crippen molar-refractivity contribution in [2.75, 3.05) is 7.05 Å². The van der Waals surface area contributed by atoms with Gasteiger partial charge in [-0.1, -0.05) is 16.8 Å². The van der Waals surface area contributed by atoms with E-state index in [1.807, 2.05) is 0 Å². The van der Waals surface area contributed by atoms with Gasteiger partial charge in [0, 0.05) is 10.6 Å². The molecule has 0 saturated heterocycles. The van der Waals surface area contributed by atoms with Crippen LogP contribution in [0.4, 0.5) is 0 Å². The number of hydrogen-bond donors (Lipinski definition) is 1. The normalized spacial score (nSPS) is 11.9. The Morgan fingerprint density at radius 2 is 2.00 bits per heavy atom. The Morgan fingerprint density at radius 3 is 2.57 bits per heavy atom. The molecule has 1 aromatic carbocycles. The van der Waals surface area contributed by atoms with Crippen LogP contribution in [-0.2, 0) is 11.3 Å². The first kappa shape index (κ1) is 15.5. The Hall–Kier alpha value is -1.92. The molecule has 0 atom stereocenters. The van der Waals surface area contributed by atoms with E-state index in [1.165, 1.54) is 0 Å². The van der Waals surface area contributed by atoms with Crippen LogP contribution in [0.1, 0.15) is 19.7 Å². The molecule has 0 radical (unpaired) electrons. The van der Waals surface area contributed by atoms with Crippen molar-refractivity contribution < 1.29 is 14.4 Å². The van der Waals surface area contributed by atoms with E-state index >= 15 is 0 Å². The zero-order chi connectivity index (χ0) is 15.6. The van der Waals surface area contributed by atoms with Gasteiger partial charge in [-0.05, 0) is 45.2 Å². The van der Waals surface area contributed by atoms with Crippen molar-refractivity contribution in [3.8, 4) is 11.5 Å². The van der Waals surface area contributed by atoms with Gasteiger partial charge in [-0.2, -0.15) is 4.98 Å². The van der Waals surface area contributed by atoms with Crippen LogP contribution in [0.15, 0.2) is 28.8 Å². The van der Waals surface area contributed by atoms with E-state index in [0.29, 0.717) is 16.7 Å². The molecule has 0 unspecified atom stereocenters. The third-order valence-electron chi connectivity index (χ3n) is 3.42. The quantitative estimate of drug-likeness (QED) is 0.914. The highest BCUT2D eigenvalue weighted by molar-refractivity contribution is 6.30. The molecule has 1 N–H and O–H groups in total.